The van der Waals surface area contributed by atoms with Crippen LogP contribution in [-0.4, -0.2) is 47.9 Å². The lowest BCUT2D eigenvalue weighted by atomic mass is 9.89. The molecule has 3 aromatic rings. The summed E-state index contributed by atoms with van der Waals surface area (Å²) < 4.78 is 53.6. The molecule has 1 amide bonds. The molecule has 11 heteroatoms. The Hall–Kier alpha value is -4.28. The number of carbonyl (C=O) groups excluding carboxylic acids is 1. The third-order valence-corrected chi connectivity index (χ3v) is 7.54. The van der Waals surface area contributed by atoms with Crippen molar-refractivity contribution < 1.29 is 37.3 Å². The molecule has 41 heavy (non-hydrogen) atoms. The van der Waals surface area contributed by atoms with Gasteiger partial charge < -0.3 is 19.5 Å². The topological polar surface area (TPSA) is 92.2 Å². The first kappa shape index (κ1) is 28.3. The number of alkyl halides is 3. The maximum Gasteiger partial charge on any atom is 0.471 e. The second-order valence-electron chi connectivity index (χ2n) is 10.3. The van der Waals surface area contributed by atoms with E-state index in [-0.39, 0.29) is 24.7 Å². The fraction of sp³-hybridized carbons (Fsp3) is 0.367. The number of aryl methyl sites for hydroxylation is 1. The number of anilines is 3. The fourth-order valence-electron chi connectivity index (χ4n) is 5.42. The largest absolute Gasteiger partial charge is 0.493 e. The highest BCUT2D eigenvalue weighted by atomic mass is 19.4. The molecule has 3 atom stereocenters. The molecule has 8 nitrogen and oxygen atoms in total. The molecular formula is C30H30F3N3O5. The summed E-state index contributed by atoms with van der Waals surface area (Å²) in [5.74, 6) is -2.92. The number of carboxylic acid groups (broad SMARTS) is 1. The van der Waals surface area contributed by atoms with Crippen LogP contribution in [0.5, 0.6) is 11.5 Å². The molecule has 0 bridgehead atoms. The van der Waals surface area contributed by atoms with E-state index in [0.717, 1.165) is 12.0 Å². The molecule has 0 saturated carbocycles. The molecule has 2 aliphatic rings. The van der Waals surface area contributed by atoms with Gasteiger partial charge in [-0.15, -0.1) is 0 Å². The zero-order valence-electron chi connectivity index (χ0n) is 22.8. The normalized spacial score (nSPS) is 18.1. The van der Waals surface area contributed by atoms with Crippen molar-refractivity contribution in [3.63, 3.8) is 0 Å². The van der Waals surface area contributed by atoms with Crippen molar-refractivity contribution in [3.8, 4) is 11.5 Å². The molecule has 216 valence electrons. The summed E-state index contributed by atoms with van der Waals surface area (Å²) in [6, 6.07) is 12.3. The van der Waals surface area contributed by atoms with E-state index >= 15 is 0 Å². The highest BCUT2D eigenvalue weighted by Gasteiger charge is 2.48. The molecule has 3 heterocycles. The Morgan fingerprint density at radius 2 is 1.88 bits per heavy atom. The number of ether oxygens (including phenoxy) is 2. The van der Waals surface area contributed by atoms with E-state index in [4.69, 9.17) is 9.47 Å². The van der Waals surface area contributed by atoms with E-state index in [2.05, 4.69) is 4.98 Å². The predicted molar refractivity (Wildman–Crippen MR) is 146 cm³/mol. The number of benzene rings is 2. The molecule has 1 unspecified atom stereocenters. The predicted octanol–water partition coefficient (Wildman–Crippen LogP) is 6.16. The number of hydrogen-bond donors (Lipinski definition) is 1. The number of rotatable bonds is 8. The zero-order valence-corrected chi connectivity index (χ0v) is 22.8. The van der Waals surface area contributed by atoms with Crippen molar-refractivity contribution in [1.29, 1.82) is 0 Å². The lowest BCUT2D eigenvalue weighted by molar-refractivity contribution is -0.171. The Labute approximate surface area is 235 Å². The minimum atomic E-state index is -5.15. The van der Waals surface area contributed by atoms with Crippen LogP contribution >= 0.6 is 0 Å². The van der Waals surface area contributed by atoms with Crippen LogP contribution < -0.4 is 19.3 Å². The first-order chi connectivity index (χ1) is 19.5. The Morgan fingerprint density at radius 1 is 1.10 bits per heavy atom. The van der Waals surface area contributed by atoms with Crippen molar-refractivity contribution >= 4 is 29.1 Å². The van der Waals surface area contributed by atoms with Gasteiger partial charge in [-0.05, 0) is 43.2 Å². The molecule has 1 N–H and O–H groups in total. The molecule has 0 radical (unpaired) electrons. The number of pyridine rings is 1. The molecule has 2 aromatic carbocycles. The summed E-state index contributed by atoms with van der Waals surface area (Å²) in [7, 11) is 0. The summed E-state index contributed by atoms with van der Waals surface area (Å²) in [4.78, 5) is 31.6. The zero-order chi connectivity index (χ0) is 29.5. The van der Waals surface area contributed by atoms with Gasteiger partial charge in [0.15, 0.2) is 0 Å². The SMILES string of the molecule is CCCN(c1cc(C)ccn1)c1cccc2c1OC[C@H]2N(C(=O)C(F)(F)F)c1ccc2c(c1)OC[C@H]2C(C)C(=O)O. The Balaban J connectivity index is 1.56. The number of aromatic nitrogens is 1. The van der Waals surface area contributed by atoms with Crippen molar-refractivity contribution in [2.45, 2.75) is 45.3 Å². The highest BCUT2D eigenvalue weighted by molar-refractivity contribution is 5.98. The van der Waals surface area contributed by atoms with E-state index in [1.807, 2.05) is 36.9 Å². The molecule has 5 rings (SSSR count). The van der Waals surface area contributed by atoms with E-state index < -0.39 is 35.9 Å². The second-order valence-corrected chi connectivity index (χ2v) is 10.3. The summed E-state index contributed by atoms with van der Waals surface area (Å²) in [6.45, 7) is 5.99. The third kappa shape index (κ3) is 5.28. The molecule has 0 aliphatic carbocycles. The first-order valence-corrected chi connectivity index (χ1v) is 13.4. The lowest BCUT2D eigenvalue weighted by Crippen LogP contribution is -2.44. The molecular weight excluding hydrogens is 539 g/mol. The van der Waals surface area contributed by atoms with E-state index in [9.17, 15) is 27.9 Å². The van der Waals surface area contributed by atoms with Crippen LogP contribution in [0.2, 0.25) is 0 Å². The number of para-hydroxylation sites is 1. The van der Waals surface area contributed by atoms with Gasteiger partial charge in [-0.25, -0.2) is 4.98 Å². The van der Waals surface area contributed by atoms with Crippen molar-refractivity contribution in [2.24, 2.45) is 5.92 Å². The van der Waals surface area contributed by atoms with Gasteiger partial charge in [0.2, 0.25) is 0 Å². The number of amides is 1. The summed E-state index contributed by atoms with van der Waals surface area (Å²) >= 11 is 0. The van der Waals surface area contributed by atoms with Crippen LogP contribution in [0.1, 0.15) is 48.9 Å². The Morgan fingerprint density at radius 3 is 2.56 bits per heavy atom. The Bertz CT molecular complexity index is 1480. The average molecular weight is 570 g/mol. The highest BCUT2D eigenvalue weighted by Crippen LogP contribution is 2.48. The molecule has 0 spiro atoms. The molecule has 1 aromatic heterocycles. The van der Waals surface area contributed by atoms with E-state index in [1.165, 1.54) is 18.2 Å². The van der Waals surface area contributed by atoms with Gasteiger partial charge in [0.25, 0.3) is 0 Å². The van der Waals surface area contributed by atoms with Crippen molar-refractivity contribution in [1.82, 2.24) is 4.98 Å². The number of fused-ring (bicyclic) bond motifs is 2. The Kier molecular flexibility index (Phi) is 7.54. The monoisotopic (exact) mass is 569 g/mol. The van der Waals surface area contributed by atoms with Gasteiger partial charge in [0, 0.05) is 41.5 Å². The number of carboxylic acids is 1. The number of nitrogens with zero attached hydrogens (tertiary/aromatic N) is 3. The summed E-state index contributed by atoms with van der Waals surface area (Å²) in [6.07, 6.45) is -2.68. The van der Waals surface area contributed by atoms with Crippen molar-refractivity contribution in [2.75, 3.05) is 29.6 Å². The fourth-order valence-corrected chi connectivity index (χ4v) is 5.42. The molecule has 0 fully saturated rings. The van der Waals surface area contributed by atoms with Crippen LogP contribution in [0.3, 0.4) is 0 Å². The lowest BCUT2D eigenvalue weighted by Gasteiger charge is -2.30. The van der Waals surface area contributed by atoms with Crippen LogP contribution in [0, 0.1) is 12.8 Å². The van der Waals surface area contributed by atoms with Gasteiger partial charge >= 0.3 is 18.1 Å². The second kappa shape index (κ2) is 10.9. The van der Waals surface area contributed by atoms with E-state index in [0.29, 0.717) is 39.8 Å². The van der Waals surface area contributed by atoms with Crippen LogP contribution in [0.15, 0.2) is 54.7 Å². The smallest absolute Gasteiger partial charge is 0.471 e. The maximum absolute atomic E-state index is 14.0. The quantitative estimate of drug-likeness (QED) is 0.347. The minimum Gasteiger partial charge on any atom is -0.493 e. The standard InChI is InChI=1S/C30H30F3N3O5/c1-4-12-35(26-13-17(2)10-11-34-26)23-7-5-6-21-24(16-41-27(21)23)36(29(39)30(31,32)33)19-8-9-20-22(18(3)28(37)38)15-40-25(20)14-19/h5-11,13-14,18,22,24H,4,12,15-16H2,1-3H3,(H,37,38)/t18?,22-,24+/m0/s1. The number of aliphatic carboxylic acids is 1. The maximum atomic E-state index is 14.0. The molecule has 0 saturated heterocycles. The minimum absolute atomic E-state index is 0.0210. The number of carbonyl (C=O) groups is 2. The third-order valence-electron chi connectivity index (χ3n) is 7.54. The molecule has 2 aliphatic heterocycles. The van der Waals surface area contributed by atoms with Gasteiger partial charge in [0.1, 0.15) is 23.9 Å². The van der Waals surface area contributed by atoms with Crippen LogP contribution in [0.4, 0.5) is 30.4 Å². The summed E-state index contributed by atoms with van der Waals surface area (Å²) in [5, 5.41) is 9.44. The van der Waals surface area contributed by atoms with Crippen LogP contribution in [-0.2, 0) is 9.59 Å². The average Bonchev–Trinajstić information content (AvgIpc) is 3.55. The van der Waals surface area contributed by atoms with Crippen molar-refractivity contribution in [3.05, 3.63) is 71.4 Å². The van der Waals surface area contributed by atoms with Gasteiger partial charge in [0.05, 0.1) is 24.3 Å². The number of hydrogen-bond acceptors (Lipinski definition) is 6. The number of halogens is 3. The van der Waals surface area contributed by atoms with Gasteiger partial charge in [-0.1, -0.05) is 32.0 Å². The van der Waals surface area contributed by atoms with Crippen LogP contribution in [0.25, 0.3) is 0 Å². The summed E-state index contributed by atoms with van der Waals surface area (Å²) in [5.41, 5.74) is 2.64. The van der Waals surface area contributed by atoms with Gasteiger partial charge in [-0.2, -0.15) is 13.2 Å². The van der Waals surface area contributed by atoms with E-state index in [1.54, 1.807) is 25.3 Å². The van der Waals surface area contributed by atoms with Gasteiger partial charge in [-0.3, -0.25) is 14.5 Å². The first-order valence-electron chi connectivity index (χ1n) is 13.4.